The molecule has 0 atom stereocenters. The number of aromatic carboxylic acids is 1. The summed E-state index contributed by atoms with van der Waals surface area (Å²) in [6.07, 6.45) is 5.38. The van der Waals surface area contributed by atoms with Gasteiger partial charge in [0, 0.05) is 19.6 Å². The number of alkyl halides is 1. The number of carbonyl (C=O) groups is 1. The molecule has 3 aromatic carbocycles. The van der Waals surface area contributed by atoms with Crippen LogP contribution in [0.1, 0.15) is 57.4 Å². The Morgan fingerprint density at radius 1 is 0.949 bits per heavy atom. The summed E-state index contributed by atoms with van der Waals surface area (Å²) in [5.41, 5.74) is 9.39. The second-order valence-electron chi connectivity index (χ2n) is 10.1. The van der Waals surface area contributed by atoms with E-state index in [0.29, 0.717) is 23.5 Å². The van der Waals surface area contributed by atoms with Crippen LogP contribution in [0.25, 0.3) is 17.2 Å². The lowest BCUT2D eigenvalue weighted by Crippen LogP contribution is -2.40. The Hall–Kier alpha value is -3.90. The molecule has 0 bridgehead atoms. The van der Waals surface area contributed by atoms with Gasteiger partial charge in [-0.1, -0.05) is 42.5 Å². The first-order valence-electron chi connectivity index (χ1n) is 13.4. The second-order valence-corrected chi connectivity index (χ2v) is 10.1. The Labute approximate surface area is 229 Å². The number of carboxylic acid groups (broad SMARTS) is 1. The molecule has 0 amide bonds. The van der Waals surface area contributed by atoms with Crippen LogP contribution in [0.2, 0.25) is 0 Å². The van der Waals surface area contributed by atoms with E-state index in [1.54, 1.807) is 20.3 Å². The van der Waals surface area contributed by atoms with Crippen molar-refractivity contribution in [3.8, 4) is 11.5 Å². The van der Waals surface area contributed by atoms with E-state index in [-0.39, 0.29) is 6.67 Å². The van der Waals surface area contributed by atoms with Crippen molar-refractivity contribution in [1.29, 1.82) is 0 Å². The summed E-state index contributed by atoms with van der Waals surface area (Å²) in [5, 5.41) is 9.60. The van der Waals surface area contributed by atoms with Gasteiger partial charge < -0.3 is 14.6 Å². The third-order valence-corrected chi connectivity index (χ3v) is 7.56. The van der Waals surface area contributed by atoms with Crippen molar-refractivity contribution >= 4 is 23.2 Å². The van der Waals surface area contributed by atoms with Gasteiger partial charge in [0.2, 0.25) is 0 Å². The molecular weight excluding hydrogens is 493 g/mol. The first kappa shape index (κ1) is 26.7. The van der Waals surface area contributed by atoms with Gasteiger partial charge in [-0.15, -0.1) is 0 Å². The summed E-state index contributed by atoms with van der Waals surface area (Å²) < 4.78 is 23.5. The number of allylic oxidation sites excluding steroid dienone is 1. The number of rotatable bonds is 9. The molecule has 0 spiro atoms. The number of halogens is 1. The summed E-state index contributed by atoms with van der Waals surface area (Å²) in [6, 6.07) is 20.1. The number of benzene rings is 3. The summed E-state index contributed by atoms with van der Waals surface area (Å²) in [6.45, 7) is 2.34. The van der Waals surface area contributed by atoms with Crippen molar-refractivity contribution in [2.24, 2.45) is 0 Å². The third kappa shape index (κ3) is 5.76. The molecule has 1 aliphatic carbocycles. The van der Waals surface area contributed by atoms with Crippen LogP contribution in [0.4, 0.5) is 4.39 Å². The summed E-state index contributed by atoms with van der Waals surface area (Å²) in [7, 11) is 3.27. The van der Waals surface area contributed by atoms with E-state index < -0.39 is 5.97 Å². The van der Waals surface area contributed by atoms with Crippen LogP contribution in [-0.2, 0) is 6.42 Å². The number of hydrogen-bond acceptors (Lipinski definition) is 4. The monoisotopic (exact) mass is 527 g/mol. The average molecular weight is 528 g/mol. The smallest absolute Gasteiger partial charge is 0.335 e. The van der Waals surface area contributed by atoms with Crippen molar-refractivity contribution in [2.75, 3.05) is 40.5 Å². The molecular formula is C33H34FNO4. The van der Waals surface area contributed by atoms with Gasteiger partial charge in [-0.2, -0.15) is 0 Å². The molecule has 5 rings (SSSR count). The highest BCUT2D eigenvalue weighted by molar-refractivity contribution is 6.01. The maximum Gasteiger partial charge on any atom is 0.335 e. The van der Waals surface area contributed by atoms with E-state index in [1.165, 1.54) is 11.1 Å². The minimum atomic E-state index is -0.913. The maximum absolute atomic E-state index is 12.4. The molecule has 1 aliphatic heterocycles. The molecule has 39 heavy (non-hydrogen) atoms. The Morgan fingerprint density at radius 3 is 2.38 bits per heavy atom. The molecule has 1 heterocycles. The topological polar surface area (TPSA) is 59.0 Å². The minimum Gasteiger partial charge on any atom is -0.493 e. The van der Waals surface area contributed by atoms with Crippen LogP contribution >= 0.6 is 0 Å². The molecule has 0 radical (unpaired) electrons. The zero-order chi connectivity index (χ0) is 27.4. The quantitative estimate of drug-likeness (QED) is 0.333. The predicted molar refractivity (Wildman–Crippen MR) is 153 cm³/mol. The molecule has 3 aromatic rings. The van der Waals surface area contributed by atoms with Crippen LogP contribution in [0.3, 0.4) is 0 Å². The number of aryl methyl sites for hydroxylation is 1. The largest absolute Gasteiger partial charge is 0.493 e. The second kappa shape index (κ2) is 11.9. The van der Waals surface area contributed by atoms with Gasteiger partial charge in [-0.25, -0.2) is 4.79 Å². The fraction of sp³-hybridized carbons (Fsp3) is 0.303. The van der Waals surface area contributed by atoms with E-state index in [1.807, 2.05) is 24.3 Å². The number of carboxylic acids is 1. The van der Waals surface area contributed by atoms with Crippen LogP contribution in [0, 0.1) is 0 Å². The number of ether oxygens (including phenoxy) is 2. The predicted octanol–water partition coefficient (Wildman–Crippen LogP) is 6.76. The zero-order valence-electron chi connectivity index (χ0n) is 22.5. The van der Waals surface area contributed by atoms with Crippen molar-refractivity contribution in [2.45, 2.75) is 25.7 Å². The van der Waals surface area contributed by atoms with Crippen LogP contribution < -0.4 is 9.47 Å². The van der Waals surface area contributed by atoms with Crippen LogP contribution in [-0.4, -0.2) is 56.5 Å². The summed E-state index contributed by atoms with van der Waals surface area (Å²) in [4.78, 5) is 14.0. The lowest BCUT2D eigenvalue weighted by molar-refractivity contribution is 0.0696. The van der Waals surface area contributed by atoms with Crippen LogP contribution in [0.15, 0.2) is 66.2 Å². The lowest BCUT2D eigenvalue weighted by Gasteiger charge is -2.33. The zero-order valence-corrected chi connectivity index (χ0v) is 22.5. The minimum absolute atomic E-state index is 0.265. The average Bonchev–Trinajstić information content (AvgIpc) is 3.13. The lowest BCUT2D eigenvalue weighted by atomic mass is 9.87. The molecule has 0 unspecified atom stereocenters. The molecule has 1 saturated heterocycles. The van der Waals surface area contributed by atoms with Gasteiger partial charge in [-0.05, 0) is 94.5 Å². The van der Waals surface area contributed by atoms with Gasteiger partial charge in [0.15, 0.2) is 11.5 Å². The molecule has 1 fully saturated rings. The van der Waals surface area contributed by atoms with Gasteiger partial charge in [0.1, 0.15) is 0 Å². The van der Waals surface area contributed by atoms with Gasteiger partial charge in [0.25, 0.3) is 0 Å². The van der Waals surface area contributed by atoms with Crippen molar-refractivity contribution in [1.82, 2.24) is 4.90 Å². The molecule has 1 N–H and O–H groups in total. The highest BCUT2D eigenvalue weighted by Gasteiger charge is 2.23. The van der Waals surface area contributed by atoms with Crippen molar-refractivity contribution in [3.63, 3.8) is 0 Å². The highest BCUT2D eigenvalue weighted by Crippen LogP contribution is 2.42. The Morgan fingerprint density at radius 2 is 1.69 bits per heavy atom. The molecule has 0 saturated carbocycles. The Bertz CT molecular complexity index is 1420. The summed E-state index contributed by atoms with van der Waals surface area (Å²) in [5.74, 6) is 0.445. The SMILES string of the molecule is COc1ccc(C2=C(c3ccc(C=C4CN(CCCF)C4)cc3)c3ccc(C(=O)O)cc3CCC2)cc1OC. The highest BCUT2D eigenvalue weighted by atomic mass is 19.1. The van der Waals surface area contributed by atoms with Gasteiger partial charge in [0.05, 0.1) is 26.5 Å². The Balaban J connectivity index is 1.56. The molecule has 2 aliphatic rings. The molecule has 0 aromatic heterocycles. The van der Waals surface area contributed by atoms with Crippen LogP contribution in [0.5, 0.6) is 11.5 Å². The van der Waals surface area contributed by atoms with E-state index in [9.17, 15) is 14.3 Å². The standard InChI is InChI=1S/C33H34FNO4/c1-38-30-14-12-26(19-31(30)39-2)28-6-3-5-25-18-27(33(36)37)11-13-29(25)32(28)24-9-7-22(8-10-24)17-23-20-35(21-23)16-4-15-34/h7-14,17-19H,3-6,15-16,20-21H2,1-2H3,(H,36,37). The van der Waals surface area contributed by atoms with Gasteiger partial charge in [-0.3, -0.25) is 9.29 Å². The normalized spacial score (nSPS) is 15.3. The first-order valence-corrected chi connectivity index (χ1v) is 13.4. The first-order chi connectivity index (χ1) is 19.0. The maximum atomic E-state index is 12.4. The van der Waals surface area contributed by atoms with E-state index in [0.717, 1.165) is 72.3 Å². The van der Waals surface area contributed by atoms with E-state index >= 15 is 0 Å². The number of fused-ring (bicyclic) bond motifs is 1. The van der Waals surface area contributed by atoms with E-state index in [2.05, 4.69) is 41.3 Å². The Kier molecular flexibility index (Phi) is 8.13. The molecule has 6 heteroatoms. The summed E-state index contributed by atoms with van der Waals surface area (Å²) >= 11 is 0. The van der Waals surface area contributed by atoms with Gasteiger partial charge >= 0.3 is 5.97 Å². The number of likely N-dealkylation sites (tertiary alicyclic amines) is 1. The fourth-order valence-corrected chi connectivity index (χ4v) is 5.61. The van der Waals surface area contributed by atoms with E-state index in [4.69, 9.17) is 9.47 Å². The molecule has 5 nitrogen and oxygen atoms in total. The third-order valence-electron chi connectivity index (χ3n) is 7.56. The number of hydrogen-bond donors (Lipinski definition) is 1. The number of nitrogens with zero attached hydrogens (tertiary/aromatic N) is 1. The van der Waals surface area contributed by atoms with Crippen molar-refractivity contribution in [3.05, 3.63) is 99.6 Å². The number of methoxy groups -OCH3 is 2. The van der Waals surface area contributed by atoms with Crippen molar-refractivity contribution < 1.29 is 23.8 Å². The fourth-order valence-electron chi connectivity index (χ4n) is 5.61. The molecule has 202 valence electrons.